The molecule has 1 amide bonds. The Morgan fingerprint density at radius 3 is 2.79 bits per heavy atom. The molecular weight excluding hydrogens is 388 g/mol. The topological polar surface area (TPSA) is 60.0 Å². The molecule has 3 aliphatic rings. The Kier molecular flexibility index (Phi) is 6.35. The van der Waals surface area contributed by atoms with E-state index < -0.39 is 0 Å². The second-order valence-electron chi connectivity index (χ2n) is 7.70. The number of nitrogens with zero attached hydrogens (tertiary/aromatic N) is 1. The summed E-state index contributed by atoms with van der Waals surface area (Å²) in [6, 6.07) is 5.79. The fraction of sp³-hybridized carbons (Fsp3) is 0.545. The molecule has 1 aliphatic carbocycles. The van der Waals surface area contributed by atoms with Gasteiger partial charge < -0.3 is 19.5 Å². The van der Waals surface area contributed by atoms with Crippen molar-refractivity contribution in [2.45, 2.75) is 57.7 Å². The van der Waals surface area contributed by atoms with Crippen molar-refractivity contribution in [3.05, 3.63) is 29.5 Å². The SMILES string of the molecule is CCOc1cc(/C=C2/NC(=S)N(CC3CCCO3)C2=O)ccc1OC1CCCC1. The fourth-order valence-electron chi connectivity index (χ4n) is 4.06. The number of carbonyl (C=O) groups is 1. The summed E-state index contributed by atoms with van der Waals surface area (Å²) < 4.78 is 17.6. The van der Waals surface area contributed by atoms with Crippen molar-refractivity contribution in [2.24, 2.45) is 0 Å². The minimum atomic E-state index is -0.116. The molecule has 0 bridgehead atoms. The van der Waals surface area contributed by atoms with Gasteiger partial charge in [-0.3, -0.25) is 9.69 Å². The van der Waals surface area contributed by atoms with Gasteiger partial charge in [0.05, 0.1) is 25.4 Å². The first-order chi connectivity index (χ1) is 14.1. The molecule has 1 atom stereocenters. The van der Waals surface area contributed by atoms with Crippen molar-refractivity contribution < 1.29 is 19.0 Å². The van der Waals surface area contributed by atoms with Gasteiger partial charge in [-0.15, -0.1) is 0 Å². The molecule has 29 heavy (non-hydrogen) atoms. The maximum atomic E-state index is 12.8. The highest BCUT2D eigenvalue weighted by Crippen LogP contribution is 2.33. The minimum Gasteiger partial charge on any atom is -0.490 e. The second kappa shape index (κ2) is 9.13. The van der Waals surface area contributed by atoms with E-state index in [2.05, 4.69) is 5.32 Å². The summed E-state index contributed by atoms with van der Waals surface area (Å²) >= 11 is 5.37. The van der Waals surface area contributed by atoms with Crippen LogP contribution in [0.25, 0.3) is 6.08 Å². The molecule has 4 rings (SSSR count). The van der Waals surface area contributed by atoms with Crippen LogP contribution in [0.15, 0.2) is 23.9 Å². The summed E-state index contributed by atoms with van der Waals surface area (Å²) in [5, 5.41) is 3.48. The van der Waals surface area contributed by atoms with Crippen LogP contribution >= 0.6 is 12.2 Å². The maximum absolute atomic E-state index is 12.8. The van der Waals surface area contributed by atoms with E-state index in [1.54, 1.807) is 4.90 Å². The molecule has 2 aliphatic heterocycles. The Morgan fingerprint density at radius 2 is 2.07 bits per heavy atom. The molecule has 6 nitrogen and oxygen atoms in total. The van der Waals surface area contributed by atoms with Gasteiger partial charge in [0.1, 0.15) is 5.70 Å². The number of benzene rings is 1. The molecule has 7 heteroatoms. The van der Waals surface area contributed by atoms with Gasteiger partial charge in [0.15, 0.2) is 16.6 Å². The molecule has 1 unspecified atom stereocenters. The van der Waals surface area contributed by atoms with E-state index >= 15 is 0 Å². The van der Waals surface area contributed by atoms with Crippen molar-refractivity contribution in [3.8, 4) is 11.5 Å². The molecular formula is C22H28N2O4S. The van der Waals surface area contributed by atoms with E-state index in [0.29, 0.717) is 29.7 Å². The highest BCUT2D eigenvalue weighted by atomic mass is 32.1. The van der Waals surface area contributed by atoms with Crippen LogP contribution in [0.4, 0.5) is 0 Å². The molecule has 0 aromatic heterocycles. The van der Waals surface area contributed by atoms with Gasteiger partial charge >= 0.3 is 0 Å². The van der Waals surface area contributed by atoms with Crippen LogP contribution in [0, 0.1) is 0 Å². The third-order valence-corrected chi connectivity index (χ3v) is 5.87. The third kappa shape index (κ3) is 4.73. The molecule has 0 radical (unpaired) electrons. The summed E-state index contributed by atoms with van der Waals surface area (Å²) in [6.45, 7) is 3.76. The fourth-order valence-corrected chi connectivity index (χ4v) is 4.33. The Labute approximate surface area is 177 Å². The predicted octanol–water partition coefficient (Wildman–Crippen LogP) is 3.64. The zero-order chi connectivity index (χ0) is 20.2. The summed E-state index contributed by atoms with van der Waals surface area (Å²) in [6.07, 6.45) is 8.75. The van der Waals surface area contributed by atoms with Crippen LogP contribution in [0.2, 0.25) is 0 Å². The molecule has 156 valence electrons. The average Bonchev–Trinajstić information content (AvgIpc) is 3.45. The van der Waals surface area contributed by atoms with Crippen molar-refractivity contribution in [2.75, 3.05) is 19.8 Å². The van der Waals surface area contributed by atoms with Crippen LogP contribution in [0.3, 0.4) is 0 Å². The number of amides is 1. The van der Waals surface area contributed by atoms with Gasteiger partial charge in [0, 0.05) is 6.61 Å². The van der Waals surface area contributed by atoms with Crippen LogP contribution in [0.1, 0.15) is 51.0 Å². The lowest BCUT2D eigenvalue weighted by Crippen LogP contribution is -2.37. The van der Waals surface area contributed by atoms with E-state index in [0.717, 1.165) is 43.6 Å². The molecule has 1 saturated carbocycles. The van der Waals surface area contributed by atoms with Gasteiger partial charge in [-0.1, -0.05) is 6.07 Å². The summed E-state index contributed by atoms with van der Waals surface area (Å²) in [5.41, 5.74) is 1.34. The summed E-state index contributed by atoms with van der Waals surface area (Å²) in [5.74, 6) is 1.36. The lowest BCUT2D eigenvalue weighted by molar-refractivity contribution is -0.123. The smallest absolute Gasteiger partial charge is 0.276 e. The Bertz CT molecular complexity index is 798. The minimum absolute atomic E-state index is 0.0645. The Balaban J connectivity index is 1.49. The van der Waals surface area contributed by atoms with Crippen LogP contribution in [-0.4, -0.2) is 47.9 Å². The lowest BCUT2D eigenvalue weighted by atomic mass is 10.1. The summed E-state index contributed by atoms with van der Waals surface area (Å²) in [7, 11) is 0. The molecule has 1 aromatic rings. The number of hydrogen-bond donors (Lipinski definition) is 1. The molecule has 1 aromatic carbocycles. The first-order valence-electron chi connectivity index (χ1n) is 10.5. The first kappa shape index (κ1) is 20.2. The third-order valence-electron chi connectivity index (χ3n) is 5.55. The number of ether oxygens (including phenoxy) is 3. The van der Waals surface area contributed by atoms with Crippen molar-refractivity contribution in [3.63, 3.8) is 0 Å². The largest absolute Gasteiger partial charge is 0.490 e. The Morgan fingerprint density at radius 1 is 1.24 bits per heavy atom. The number of rotatable bonds is 7. The average molecular weight is 417 g/mol. The number of carbonyl (C=O) groups excluding carboxylic acids is 1. The first-order valence-corrected chi connectivity index (χ1v) is 10.9. The van der Waals surface area contributed by atoms with E-state index in [4.69, 9.17) is 26.4 Å². The van der Waals surface area contributed by atoms with Crippen LogP contribution in [-0.2, 0) is 9.53 Å². The summed E-state index contributed by atoms with van der Waals surface area (Å²) in [4.78, 5) is 14.4. The molecule has 2 heterocycles. The van der Waals surface area contributed by atoms with Gasteiger partial charge in [-0.05, 0) is 81.4 Å². The van der Waals surface area contributed by atoms with Crippen molar-refractivity contribution >= 4 is 29.3 Å². The zero-order valence-electron chi connectivity index (χ0n) is 16.8. The van der Waals surface area contributed by atoms with Gasteiger partial charge in [0.25, 0.3) is 5.91 Å². The monoisotopic (exact) mass is 416 g/mol. The number of hydrogen-bond acceptors (Lipinski definition) is 5. The van der Waals surface area contributed by atoms with Crippen molar-refractivity contribution in [1.29, 1.82) is 0 Å². The molecule has 3 fully saturated rings. The normalized spacial score (nSPS) is 23.8. The Hall–Kier alpha value is -2.12. The van der Waals surface area contributed by atoms with E-state index in [1.165, 1.54) is 12.8 Å². The lowest BCUT2D eigenvalue weighted by Gasteiger charge is -2.18. The van der Waals surface area contributed by atoms with Crippen LogP contribution < -0.4 is 14.8 Å². The van der Waals surface area contributed by atoms with Crippen LogP contribution in [0.5, 0.6) is 11.5 Å². The zero-order valence-corrected chi connectivity index (χ0v) is 17.6. The number of thiocarbonyl (C=S) groups is 1. The quantitative estimate of drug-likeness (QED) is 0.541. The van der Waals surface area contributed by atoms with E-state index in [-0.39, 0.29) is 18.1 Å². The standard InChI is InChI=1S/C22H28N2O4S/c1-2-26-20-13-15(9-10-19(20)28-16-6-3-4-7-16)12-18-21(25)24(22(29)23-18)14-17-8-5-11-27-17/h9-10,12-13,16-17H,2-8,11,14H2,1H3,(H,23,29)/b18-12+. The highest BCUT2D eigenvalue weighted by molar-refractivity contribution is 7.80. The number of nitrogens with one attached hydrogen (secondary N) is 1. The van der Waals surface area contributed by atoms with E-state index in [1.807, 2.05) is 31.2 Å². The molecule has 2 saturated heterocycles. The second-order valence-corrected chi connectivity index (χ2v) is 8.09. The predicted molar refractivity (Wildman–Crippen MR) is 115 cm³/mol. The highest BCUT2D eigenvalue weighted by Gasteiger charge is 2.33. The molecule has 1 N–H and O–H groups in total. The maximum Gasteiger partial charge on any atom is 0.276 e. The van der Waals surface area contributed by atoms with Crippen molar-refractivity contribution in [1.82, 2.24) is 10.2 Å². The molecule has 0 spiro atoms. The van der Waals surface area contributed by atoms with E-state index in [9.17, 15) is 4.79 Å². The van der Waals surface area contributed by atoms with Gasteiger partial charge in [0.2, 0.25) is 0 Å². The van der Waals surface area contributed by atoms with Gasteiger partial charge in [-0.2, -0.15) is 0 Å². The van der Waals surface area contributed by atoms with Gasteiger partial charge in [-0.25, -0.2) is 0 Å².